The molecular formula is C26H36O4. The Bertz CT molecular complexity index is 895. The summed E-state index contributed by atoms with van der Waals surface area (Å²) in [7, 11) is 1.62. The Morgan fingerprint density at radius 3 is 2.50 bits per heavy atom. The molecule has 2 fully saturated rings. The van der Waals surface area contributed by atoms with Gasteiger partial charge in [-0.2, -0.15) is 0 Å². The summed E-state index contributed by atoms with van der Waals surface area (Å²) >= 11 is 0. The number of rotatable bonds is 3. The van der Waals surface area contributed by atoms with Gasteiger partial charge in [0.05, 0.1) is 7.11 Å². The van der Waals surface area contributed by atoms with Gasteiger partial charge in [-0.3, -0.25) is 4.79 Å². The van der Waals surface area contributed by atoms with Gasteiger partial charge in [-0.05, 0) is 54.4 Å². The van der Waals surface area contributed by atoms with Crippen LogP contribution >= 0.6 is 0 Å². The molecule has 1 heterocycles. The molecule has 3 atom stereocenters. The predicted octanol–water partition coefficient (Wildman–Crippen LogP) is 6.66. The maximum Gasteiger partial charge on any atom is 0.246 e. The topological polar surface area (TPSA) is 44.8 Å². The van der Waals surface area contributed by atoms with Crippen LogP contribution < -0.4 is 14.2 Å². The van der Waals surface area contributed by atoms with Gasteiger partial charge in [0.25, 0.3) is 0 Å². The maximum atomic E-state index is 12.0. The minimum atomic E-state index is -0.792. The first-order chi connectivity index (χ1) is 14.0. The van der Waals surface area contributed by atoms with E-state index >= 15 is 0 Å². The molecule has 0 aromatic heterocycles. The smallest absolute Gasteiger partial charge is 0.246 e. The lowest BCUT2D eigenvalue weighted by molar-refractivity contribution is -0.0433. The van der Waals surface area contributed by atoms with E-state index in [1.807, 2.05) is 19.9 Å². The second kappa shape index (κ2) is 7.03. The molecule has 0 unspecified atom stereocenters. The molecule has 2 saturated carbocycles. The monoisotopic (exact) mass is 412 g/mol. The first-order valence-corrected chi connectivity index (χ1v) is 11.3. The number of carbonyl (C=O) groups is 1. The van der Waals surface area contributed by atoms with Crippen LogP contribution in [0.5, 0.6) is 17.2 Å². The van der Waals surface area contributed by atoms with Crippen molar-refractivity contribution in [1.82, 2.24) is 0 Å². The third-order valence-corrected chi connectivity index (χ3v) is 7.91. The van der Waals surface area contributed by atoms with E-state index < -0.39 is 5.79 Å². The Morgan fingerprint density at radius 2 is 1.83 bits per heavy atom. The Hall–Kier alpha value is -1.97. The number of fused-ring (bicyclic) bond motifs is 2. The molecule has 2 aliphatic carbocycles. The van der Waals surface area contributed by atoms with Crippen LogP contribution in [0.4, 0.5) is 0 Å². The van der Waals surface area contributed by atoms with Gasteiger partial charge in [0.15, 0.2) is 17.8 Å². The summed E-state index contributed by atoms with van der Waals surface area (Å²) < 4.78 is 17.6. The fourth-order valence-corrected chi connectivity index (χ4v) is 6.60. The number of carbonyl (C=O) groups excluding carboxylic acids is 1. The highest BCUT2D eigenvalue weighted by atomic mass is 16.7. The second-order valence-corrected chi connectivity index (χ2v) is 10.9. The average Bonchev–Trinajstić information content (AvgIpc) is 2.96. The lowest BCUT2D eigenvalue weighted by atomic mass is 9.48. The van der Waals surface area contributed by atoms with Crippen LogP contribution in [0, 0.1) is 22.7 Å². The van der Waals surface area contributed by atoms with E-state index in [0.717, 1.165) is 11.8 Å². The van der Waals surface area contributed by atoms with Gasteiger partial charge in [0.1, 0.15) is 11.3 Å². The summed E-state index contributed by atoms with van der Waals surface area (Å²) in [6.45, 7) is 13.4. The predicted molar refractivity (Wildman–Crippen MR) is 119 cm³/mol. The summed E-state index contributed by atoms with van der Waals surface area (Å²) in [4.78, 5) is 12.0. The second-order valence-electron chi connectivity index (χ2n) is 10.9. The molecule has 4 nitrogen and oxygen atoms in total. The SMILES string of the molecule is COc1c(/C=C2\[C@@H](C)CC[C@H]3C(C)(C)CCC[C@]23C)cc2c(c1C=O)OC(C)(C)O2. The van der Waals surface area contributed by atoms with E-state index in [0.29, 0.717) is 40.1 Å². The maximum absolute atomic E-state index is 12.0. The number of hydrogen-bond donors (Lipinski definition) is 0. The lowest BCUT2D eigenvalue weighted by Gasteiger charge is -2.56. The molecule has 1 aromatic rings. The molecule has 0 saturated heterocycles. The molecule has 1 aliphatic heterocycles. The van der Waals surface area contributed by atoms with E-state index in [1.165, 1.54) is 37.7 Å². The van der Waals surface area contributed by atoms with Crippen LogP contribution in [0.3, 0.4) is 0 Å². The average molecular weight is 413 g/mol. The van der Waals surface area contributed by atoms with Crippen molar-refractivity contribution >= 4 is 12.4 Å². The zero-order valence-electron chi connectivity index (χ0n) is 19.6. The third kappa shape index (κ3) is 3.23. The highest BCUT2D eigenvalue weighted by molar-refractivity contribution is 5.89. The molecule has 0 N–H and O–H groups in total. The van der Waals surface area contributed by atoms with Gasteiger partial charge in [0.2, 0.25) is 5.79 Å². The van der Waals surface area contributed by atoms with Crippen molar-refractivity contribution < 1.29 is 19.0 Å². The number of aldehydes is 1. The molecule has 4 heteroatoms. The number of methoxy groups -OCH3 is 1. The number of ether oxygens (including phenoxy) is 3. The molecule has 164 valence electrons. The fourth-order valence-electron chi connectivity index (χ4n) is 6.60. The summed E-state index contributed by atoms with van der Waals surface area (Å²) in [5.41, 5.74) is 3.35. The van der Waals surface area contributed by atoms with E-state index in [4.69, 9.17) is 14.2 Å². The third-order valence-electron chi connectivity index (χ3n) is 7.91. The molecule has 0 amide bonds. The lowest BCUT2D eigenvalue weighted by Crippen LogP contribution is -2.47. The van der Waals surface area contributed by atoms with Crippen molar-refractivity contribution in [2.24, 2.45) is 22.7 Å². The van der Waals surface area contributed by atoms with Crippen molar-refractivity contribution in [3.8, 4) is 17.2 Å². The van der Waals surface area contributed by atoms with Crippen molar-refractivity contribution in [3.63, 3.8) is 0 Å². The van der Waals surface area contributed by atoms with Crippen molar-refractivity contribution in [2.75, 3.05) is 7.11 Å². The standard InChI is InChI=1S/C26H36O4/c1-16-9-10-21-24(2,3)11-8-12-26(21,6)19(16)13-17-14-20-23(30-25(4,5)29-20)18(15-27)22(17)28-7/h13-16,21H,8-12H2,1-7H3/b19-13+/t16-,21-,26+/m0/s1. The highest BCUT2D eigenvalue weighted by Crippen LogP contribution is 2.61. The summed E-state index contributed by atoms with van der Waals surface area (Å²) in [5, 5.41) is 0. The van der Waals surface area contributed by atoms with Gasteiger partial charge >= 0.3 is 0 Å². The quantitative estimate of drug-likeness (QED) is 0.521. The number of hydrogen-bond acceptors (Lipinski definition) is 4. The van der Waals surface area contributed by atoms with Crippen LogP contribution in [0.15, 0.2) is 11.6 Å². The summed E-state index contributed by atoms with van der Waals surface area (Å²) in [5.74, 6) is 2.06. The molecule has 30 heavy (non-hydrogen) atoms. The molecule has 0 bridgehead atoms. The van der Waals surface area contributed by atoms with E-state index in [2.05, 4.69) is 33.8 Å². The van der Waals surface area contributed by atoms with Crippen LogP contribution in [0.1, 0.15) is 89.6 Å². The van der Waals surface area contributed by atoms with Gasteiger partial charge in [-0.15, -0.1) is 0 Å². The van der Waals surface area contributed by atoms with Crippen LogP contribution in [0.2, 0.25) is 0 Å². The first kappa shape index (κ1) is 21.3. The minimum Gasteiger partial charge on any atom is -0.495 e. The van der Waals surface area contributed by atoms with E-state index in [-0.39, 0.29) is 5.41 Å². The summed E-state index contributed by atoms with van der Waals surface area (Å²) in [6, 6.07) is 1.98. The van der Waals surface area contributed by atoms with E-state index in [9.17, 15) is 4.79 Å². The molecule has 0 spiro atoms. The largest absolute Gasteiger partial charge is 0.495 e. The first-order valence-electron chi connectivity index (χ1n) is 11.3. The fraction of sp³-hybridized carbons (Fsp3) is 0.654. The van der Waals surface area contributed by atoms with Crippen LogP contribution in [-0.2, 0) is 0 Å². The number of allylic oxidation sites excluding steroid dienone is 1. The van der Waals surface area contributed by atoms with Gasteiger partial charge in [-0.1, -0.05) is 45.8 Å². The van der Waals surface area contributed by atoms with E-state index in [1.54, 1.807) is 7.11 Å². The Labute approximate surface area is 181 Å². The zero-order valence-corrected chi connectivity index (χ0v) is 19.6. The molecule has 4 rings (SSSR count). The minimum absolute atomic E-state index is 0.168. The number of benzene rings is 1. The van der Waals surface area contributed by atoms with Crippen LogP contribution in [-0.4, -0.2) is 19.2 Å². The molecule has 3 aliphatic rings. The Morgan fingerprint density at radius 1 is 1.10 bits per heavy atom. The van der Waals surface area contributed by atoms with Crippen molar-refractivity contribution in [2.45, 2.75) is 79.4 Å². The highest BCUT2D eigenvalue weighted by Gasteiger charge is 2.51. The zero-order chi connectivity index (χ0) is 21.9. The van der Waals surface area contributed by atoms with Gasteiger partial charge in [-0.25, -0.2) is 0 Å². The Kier molecular flexibility index (Phi) is 4.99. The Balaban J connectivity index is 1.87. The molecule has 1 aromatic carbocycles. The van der Waals surface area contributed by atoms with Crippen LogP contribution in [0.25, 0.3) is 6.08 Å². The normalized spacial score (nSPS) is 32.6. The van der Waals surface area contributed by atoms with Crippen molar-refractivity contribution in [1.29, 1.82) is 0 Å². The van der Waals surface area contributed by atoms with Crippen molar-refractivity contribution in [3.05, 3.63) is 22.8 Å². The van der Waals surface area contributed by atoms with Gasteiger partial charge in [0, 0.05) is 19.4 Å². The summed E-state index contributed by atoms with van der Waals surface area (Å²) in [6.07, 6.45) is 9.38. The molecular weight excluding hydrogens is 376 g/mol. The van der Waals surface area contributed by atoms with Gasteiger partial charge < -0.3 is 14.2 Å². The molecule has 0 radical (unpaired) electrons.